The van der Waals surface area contributed by atoms with Gasteiger partial charge in [-0.15, -0.1) is 0 Å². The van der Waals surface area contributed by atoms with Crippen LogP contribution in [0.25, 0.3) is 22.2 Å². The lowest BCUT2D eigenvalue weighted by Gasteiger charge is -2.29. The van der Waals surface area contributed by atoms with Gasteiger partial charge in [0, 0.05) is 25.5 Å². The molecule has 0 aliphatic heterocycles. The first-order chi connectivity index (χ1) is 13.1. The molecule has 0 atom stereocenters. The summed E-state index contributed by atoms with van der Waals surface area (Å²) in [5.74, 6) is 0.0561. The largest absolute Gasteiger partial charge is 0.508 e. The van der Waals surface area contributed by atoms with E-state index in [1.165, 1.54) is 23.7 Å². The van der Waals surface area contributed by atoms with Crippen LogP contribution in [0.1, 0.15) is 36.3 Å². The molecule has 2 aromatic heterocycles. The number of fused-ring (bicyclic) bond motifs is 2. The first-order valence-electron chi connectivity index (χ1n) is 9.11. The van der Waals surface area contributed by atoms with Crippen LogP contribution in [0.15, 0.2) is 33.9 Å². The van der Waals surface area contributed by atoms with Crippen LogP contribution in [0, 0.1) is 5.41 Å². The van der Waals surface area contributed by atoms with Gasteiger partial charge in [0.2, 0.25) is 0 Å². The molecule has 7 nitrogen and oxygen atoms in total. The highest BCUT2D eigenvalue weighted by molar-refractivity contribution is 6.09. The fraction of sp³-hybridized carbons (Fsp3) is 0.333. The number of rotatable bonds is 1. The molecule has 2 N–H and O–H groups in total. The van der Waals surface area contributed by atoms with Crippen LogP contribution < -0.4 is 16.2 Å². The molecule has 0 unspecified atom stereocenters. The van der Waals surface area contributed by atoms with Crippen LogP contribution in [-0.2, 0) is 20.5 Å². The smallest absolute Gasteiger partial charge is 0.417 e. The summed E-state index contributed by atoms with van der Waals surface area (Å²) in [4.78, 5) is 41.8. The summed E-state index contributed by atoms with van der Waals surface area (Å²) in [6.07, 6.45) is 0.995. The lowest BCUT2D eigenvalue weighted by molar-refractivity contribution is -0.365. The number of aromatic amines is 1. The summed E-state index contributed by atoms with van der Waals surface area (Å²) < 4.78 is 2.44. The van der Waals surface area contributed by atoms with Crippen LogP contribution >= 0.6 is 0 Å². The Morgan fingerprint density at radius 1 is 0.964 bits per heavy atom. The summed E-state index contributed by atoms with van der Waals surface area (Å²) in [6.45, 7) is 4.05. The summed E-state index contributed by atoms with van der Waals surface area (Å²) in [7, 11) is 3.03. The molecular formula is C21H22N3O4+. The monoisotopic (exact) mass is 380 g/mol. The fourth-order valence-electron chi connectivity index (χ4n) is 4.12. The van der Waals surface area contributed by atoms with Gasteiger partial charge in [-0.3, -0.25) is 9.59 Å². The van der Waals surface area contributed by atoms with Gasteiger partial charge in [0.1, 0.15) is 16.8 Å². The number of nitrogens with one attached hydrogen (secondary N) is 1. The standard InChI is InChI=1S/C21H21N3O4/c1-21(2)9-13-16(14(26)10-21)15(11-5-7-12(25)8-6-11)17-18(22-13)23(3)20(28)24(4)19(17)27/h5-8,25H,9-10H2,1-4H3/p+1. The molecule has 28 heavy (non-hydrogen) atoms. The SMILES string of the molecule is Cn1c(=O)c2c(-c3ccc(O)cc3)c3c([nH+]c2n(C)c1=O)CC(C)(C)CC3=O. The molecule has 7 heteroatoms. The zero-order valence-corrected chi connectivity index (χ0v) is 16.3. The molecule has 3 aromatic rings. The molecule has 0 amide bonds. The molecule has 1 aliphatic rings. The summed E-state index contributed by atoms with van der Waals surface area (Å²) >= 11 is 0. The minimum Gasteiger partial charge on any atom is -0.508 e. The number of phenolic OH excluding ortho intramolecular Hbond substituents is 1. The van der Waals surface area contributed by atoms with Crippen molar-refractivity contribution in [3.8, 4) is 16.9 Å². The maximum atomic E-state index is 13.1. The lowest BCUT2D eigenvalue weighted by Crippen LogP contribution is -2.42. The maximum absolute atomic E-state index is 13.1. The van der Waals surface area contributed by atoms with E-state index in [1.807, 2.05) is 13.8 Å². The Morgan fingerprint density at radius 2 is 1.61 bits per heavy atom. The van der Waals surface area contributed by atoms with Gasteiger partial charge >= 0.3 is 5.69 Å². The number of hydrogen-bond donors (Lipinski definition) is 1. The van der Waals surface area contributed by atoms with E-state index in [0.717, 1.165) is 10.3 Å². The Bertz CT molecular complexity index is 1260. The number of H-pyrrole nitrogens is 1. The lowest BCUT2D eigenvalue weighted by atomic mass is 9.73. The van der Waals surface area contributed by atoms with E-state index in [1.54, 1.807) is 19.2 Å². The molecule has 1 aromatic carbocycles. The van der Waals surface area contributed by atoms with E-state index in [0.29, 0.717) is 40.6 Å². The van der Waals surface area contributed by atoms with Crippen molar-refractivity contribution in [2.75, 3.05) is 0 Å². The van der Waals surface area contributed by atoms with Gasteiger partial charge in [0.15, 0.2) is 5.78 Å². The predicted octanol–water partition coefficient (Wildman–Crippen LogP) is 1.58. The van der Waals surface area contributed by atoms with Gasteiger partial charge in [-0.05, 0) is 23.1 Å². The van der Waals surface area contributed by atoms with Crippen molar-refractivity contribution < 1.29 is 14.9 Å². The van der Waals surface area contributed by atoms with Gasteiger partial charge in [-0.25, -0.2) is 14.3 Å². The number of Topliss-reactive ketones (excluding diaryl/α,β-unsaturated/α-hetero) is 1. The van der Waals surface area contributed by atoms with E-state index in [9.17, 15) is 19.5 Å². The number of pyridine rings is 1. The number of aryl methyl sites for hydroxylation is 1. The number of hydrogen-bond acceptors (Lipinski definition) is 4. The predicted molar refractivity (Wildman–Crippen MR) is 105 cm³/mol. The summed E-state index contributed by atoms with van der Waals surface area (Å²) in [5, 5.41) is 9.96. The van der Waals surface area contributed by atoms with Gasteiger partial charge in [0.05, 0.1) is 12.6 Å². The fourth-order valence-corrected chi connectivity index (χ4v) is 4.12. The first-order valence-corrected chi connectivity index (χ1v) is 9.11. The molecule has 0 fully saturated rings. The minimum absolute atomic E-state index is 0.0385. The molecule has 0 bridgehead atoms. The topological polar surface area (TPSA) is 95.4 Å². The third-order valence-corrected chi connectivity index (χ3v) is 5.46. The summed E-state index contributed by atoms with van der Waals surface area (Å²) in [6, 6.07) is 6.41. The van der Waals surface area contributed by atoms with Gasteiger partial charge in [-0.1, -0.05) is 26.0 Å². The zero-order chi connectivity index (χ0) is 20.4. The minimum atomic E-state index is -0.460. The Kier molecular flexibility index (Phi) is 3.82. The maximum Gasteiger partial charge on any atom is 0.417 e. The zero-order valence-electron chi connectivity index (χ0n) is 16.3. The highest BCUT2D eigenvalue weighted by Gasteiger charge is 2.38. The molecule has 2 heterocycles. The molecule has 0 spiro atoms. The number of carbonyl (C=O) groups excluding carboxylic acids is 1. The molecule has 0 radical (unpaired) electrons. The number of phenols is 1. The molecule has 0 saturated carbocycles. The second kappa shape index (κ2) is 5.89. The van der Waals surface area contributed by atoms with E-state index < -0.39 is 11.2 Å². The number of nitrogens with zero attached hydrogens (tertiary/aromatic N) is 2. The first kappa shape index (κ1) is 18.2. The van der Waals surface area contributed by atoms with Crippen LogP contribution in [0.3, 0.4) is 0 Å². The average Bonchev–Trinajstić information content (AvgIpc) is 2.63. The van der Waals surface area contributed by atoms with Crippen LogP contribution in [-0.4, -0.2) is 20.0 Å². The highest BCUT2D eigenvalue weighted by Crippen LogP contribution is 2.39. The Hall–Kier alpha value is -3.22. The number of ketones is 1. The van der Waals surface area contributed by atoms with E-state index in [4.69, 9.17) is 0 Å². The number of aromatic hydroxyl groups is 1. The Labute approximate surface area is 160 Å². The second-order valence-corrected chi connectivity index (χ2v) is 8.27. The highest BCUT2D eigenvalue weighted by atomic mass is 16.3. The third-order valence-electron chi connectivity index (χ3n) is 5.46. The second-order valence-electron chi connectivity index (χ2n) is 8.27. The third kappa shape index (κ3) is 2.58. The molecule has 144 valence electrons. The van der Waals surface area contributed by atoms with Gasteiger partial charge in [-0.2, -0.15) is 4.57 Å². The van der Waals surface area contributed by atoms with Gasteiger partial charge < -0.3 is 5.11 Å². The molecule has 0 saturated heterocycles. The van der Waals surface area contributed by atoms with Crippen LogP contribution in [0.4, 0.5) is 0 Å². The average molecular weight is 380 g/mol. The van der Waals surface area contributed by atoms with Crippen LogP contribution in [0.2, 0.25) is 0 Å². The van der Waals surface area contributed by atoms with Crippen molar-refractivity contribution in [3.05, 3.63) is 56.4 Å². The number of carbonyl (C=O) groups is 1. The van der Waals surface area contributed by atoms with Crippen molar-refractivity contribution in [2.45, 2.75) is 26.7 Å². The molecule has 1 aliphatic carbocycles. The van der Waals surface area contributed by atoms with Crippen molar-refractivity contribution in [2.24, 2.45) is 19.5 Å². The van der Waals surface area contributed by atoms with E-state index >= 15 is 0 Å². The Morgan fingerprint density at radius 3 is 2.25 bits per heavy atom. The van der Waals surface area contributed by atoms with Crippen molar-refractivity contribution in [1.82, 2.24) is 9.13 Å². The molecule has 4 rings (SSSR count). The quantitative estimate of drug-likeness (QED) is 0.693. The van der Waals surface area contributed by atoms with Crippen molar-refractivity contribution >= 4 is 16.8 Å². The van der Waals surface area contributed by atoms with Crippen LogP contribution in [0.5, 0.6) is 5.75 Å². The van der Waals surface area contributed by atoms with Crippen molar-refractivity contribution in [3.63, 3.8) is 0 Å². The Balaban J connectivity index is 2.26. The normalized spacial score (nSPS) is 15.6. The molecular weight excluding hydrogens is 358 g/mol. The number of aromatic nitrogens is 3. The van der Waals surface area contributed by atoms with Crippen molar-refractivity contribution in [1.29, 1.82) is 0 Å². The van der Waals surface area contributed by atoms with E-state index in [2.05, 4.69) is 4.98 Å². The summed E-state index contributed by atoms with van der Waals surface area (Å²) in [5.41, 5.74) is 1.65. The van der Waals surface area contributed by atoms with E-state index in [-0.39, 0.29) is 16.9 Å². The number of benzene rings is 1. The van der Waals surface area contributed by atoms with Gasteiger partial charge in [0.25, 0.3) is 11.2 Å².